The van der Waals surface area contributed by atoms with Gasteiger partial charge in [-0.2, -0.15) is 0 Å². The molecule has 156 valence electrons. The highest BCUT2D eigenvalue weighted by Crippen LogP contribution is 2.24. The van der Waals surface area contributed by atoms with Gasteiger partial charge in [-0.15, -0.1) is 0 Å². The summed E-state index contributed by atoms with van der Waals surface area (Å²) in [6.45, 7) is 4.48. The summed E-state index contributed by atoms with van der Waals surface area (Å²) in [6, 6.07) is 17.9. The number of hydrazine groups is 1. The molecule has 0 aliphatic carbocycles. The topological polar surface area (TPSA) is 77.0 Å². The van der Waals surface area contributed by atoms with Crippen LogP contribution in [-0.4, -0.2) is 48.7 Å². The minimum atomic E-state index is -0.306. The van der Waals surface area contributed by atoms with Crippen LogP contribution in [0.15, 0.2) is 59.6 Å². The van der Waals surface area contributed by atoms with Crippen molar-refractivity contribution < 1.29 is 9.59 Å². The molecule has 7 nitrogen and oxygen atoms in total. The molecular formula is C23H27N5O2. The maximum absolute atomic E-state index is 12.8. The number of nitrogens with zero attached hydrogens (tertiary/aromatic N) is 3. The standard InChI is InChI=1S/C23H27N5O2/c1-17-9-11-19(12-10-17)28-21(29)16-24-22(26-28)23(30)25-15-20(27-13-5-6-14-27)18-7-3-2-4-8-18/h2-4,7-12,20H,5-6,13-16H2,1H3,(H,24,26)(H,25,30). The van der Waals surface area contributed by atoms with Crippen LogP contribution in [0.4, 0.5) is 5.69 Å². The molecule has 1 saturated heterocycles. The van der Waals surface area contributed by atoms with Crippen molar-refractivity contribution in [3.63, 3.8) is 0 Å². The monoisotopic (exact) mass is 405 g/mol. The van der Waals surface area contributed by atoms with Crippen LogP contribution in [0.25, 0.3) is 0 Å². The number of amides is 2. The molecular weight excluding hydrogens is 378 g/mol. The highest BCUT2D eigenvalue weighted by molar-refractivity contribution is 6.39. The van der Waals surface area contributed by atoms with E-state index in [4.69, 9.17) is 0 Å². The fourth-order valence-electron chi connectivity index (χ4n) is 3.91. The predicted octanol–water partition coefficient (Wildman–Crippen LogP) is 2.20. The van der Waals surface area contributed by atoms with Gasteiger partial charge in [-0.25, -0.2) is 5.01 Å². The lowest BCUT2D eigenvalue weighted by atomic mass is 10.1. The number of carbonyl (C=O) groups excluding carboxylic acids is 2. The summed E-state index contributed by atoms with van der Waals surface area (Å²) in [6.07, 6.45) is 2.36. The zero-order chi connectivity index (χ0) is 20.9. The molecule has 2 aliphatic heterocycles. The number of nitrogens with one attached hydrogen (secondary N) is 2. The Morgan fingerprint density at radius 3 is 2.50 bits per heavy atom. The Morgan fingerprint density at radius 2 is 1.80 bits per heavy atom. The molecule has 2 aromatic carbocycles. The summed E-state index contributed by atoms with van der Waals surface area (Å²) in [5, 5.41) is 4.40. The molecule has 1 atom stereocenters. The smallest absolute Gasteiger partial charge is 0.288 e. The number of aryl methyl sites for hydroxylation is 1. The Hall–Kier alpha value is -3.19. The molecule has 1 fully saturated rings. The Bertz CT molecular complexity index is 920. The van der Waals surface area contributed by atoms with Gasteiger partial charge in [-0.1, -0.05) is 48.0 Å². The van der Waals surface area contributed by atoms with Crippen molar-refractivity contribution in [1.82, 2.24) is 15.6 Å². The average Bonchev–Trinajstić information content (AvgIpc) is 3.30. The number of rotatable bonds is 6. The van der Waals surface area contributed by atoms with Crippen molar-refractivity contribution in [2.45, 2.75) is 25.8 Å². The quantitative estimate of drug-likeness (QED) is 0.773. The third kappa shape index (κ3) is 4.52. The fraction of sp³-hybridized carbons (Fsp3) is 0.348. The molecule has 0 radical (unpaired) electrons. The molecule has 0 spiro atoms. The minimum absolute atomic E-state index is 0.0577. The largest absolute Gasteiger partial charge is 0.347 e. The molecule has 2 aromatic rings. The lowest BCUT2D eigenvalue weighted by molar-refractivity contribution is -0.118. The lowest BCUT2D eigenvalue weighted by Gasteiger charge is -2.30. The number of benzene rings is 2. The summed E-state index contributed by atoms with van der Waals surface area (Å²) < 4.78 is 0. The fourth-order valence-corrected chi connectivity index (χ4v) is 3.91. The lowest BCUT2D eigenvalue weighted by Crippen LogP contribution is -2.56. The van der Waals surface area contributed by atoms with Crippen molar-refractivity contribution in [1.29, 1.82) is 0 Å². The molecule has 2 aliphatic rings. The van der Waals surface area contributed by atoms with E-state index in [0.717, 1.165) is 18.7 Å². The molecule has 0 aromatic heterocycles. The van der Waals surface area contributed by atoms with Gasteiger partial charge in [-0.05, 0) is 50.6 Å². The van der Waals surface area contributed by atoms with Crippen LogP contribution in [0.3, 0.4) is 0 Å². The average molecular weight is 406 g/mol. The minimum Gasteiger partial charge on any atom is -0.347 e. The van der Waals surface area contributed by atoms with Crippen LogP contribution >= 0.6 is 0 Å². The number of carbonyl (C=O) groups is 2. The molecule has 7 heteroatoms. The second kappa shape index (κ2) is 9.09. The van der Waals surface area contributed by atoms with Crippen molar-refractivity contribution >= 4 is 23.3 Å². The van der Waals surface area contributed by atoms with Crippen LogP contribution in [0.1, 0.15) is 30.0 Å². The third-order valence-corrected chi connectivity index (χ3v) is 5.57. The van der Waals surface area contributed by atoms with Gasteiger partial charge in [0.2, 0.25) is 5.84 Å². The van der Waals surface area contributed by atoms with Crippen LogP contribution < -0.4 is 15.8 Å². The number of likely N-dealkylation sites (tertiary alicyclic amines) is 1. The van der Waals surface area contributed by atoms with E-state index in [1.54, 1.807) is 0 Å². The van der Waals surface area contributed by atoms with Crippen LogP contribution in [-0.2, 0) is 9.59 Å². The summed E-state index contributed by atoms with van der Waals surface area (Å²) >= 11 is 0. The molecule has 30 heavy (non-hydrogen) atoms. The van der Waals surface area contributed by atoms with Gasteiger partial charge in [0.15, 0.2) is 0 Å². The number of hydrogen-bond donors (Lipinski definition) is 2. The van der Waals surface area contributed by atoms with E-state index in [1.807, 2.05) is 49.4 Å². The van der Waals surface area contributed by atoms with E-state index < -0.39 is 0 Å². The van der Waals surface area contributed by atoms with Gasteiger partial charge >= 0.3 is 0 Å². The number of amidine groups is 1. The van der Waals surface area contributed by atoms with Crippen molar-refractivity contribution in [3.8, 4) is 0 Å². The zero-order valence-corrected chi connectivity index (χ0v) is 17.2. The SMILES string of the molecule is Cc1ccc(N2NC(C(=O)NCC(c3ccccc3)N3CCCC3)=NCC2=O)cc1. The maximum atomic E-state index is 12.8. The number of aliphatic imine (C=N–C) groups is 1. The van der Waals surface area contributed by atoms with Crippen LogP contribution in [0.2, 0.25) is 0 Å². The van der Waals surface area contributed by atoms with Gasteiger partial charge in [0.1, 0.15) is 6.54 Å². The summed E-state index contributed by atoms with van der Waals surface area (Å²) in [5.74, 6) is -0.349. The van der Waals surface area contributed by atoms with Gasteiger partial charge in [0, 0.05) is 6.54 Å². The molecule has 4 rings (SSSR count). The first-order valence-electron chi connectivity index (χ1n) is 10.4. The predicted molar refractivity (Wildman–Crippen MR) is 117 cm³/mol. The highest BCUT2D eigenvalue weighted by Gasteiger charge is 2.28. The Balaban J connectivity index is 1.43. The van der Waals surface area contributed by atoms with Crippen LogP contribution in [0, 0.1) is 6.92 Å². The van der Waals surface area contributed by atoms with Gasteiger partial charge in [0.25, 0.3) is 11.8 Å². The first-order valence-corrected chi connectivity index (χ1v) is 10.4. The third-order valence-electron chi connectivity index (χ3n) is 5.57. The molecule has 2 heterocycles. The van der Waals surface area contributed by atoms with Crippen molar-refractivity contribution in [2.24, 2.45) is 4.99 Å². The van der Waals surface area contributed by atoms with Crippen molar-refractivity contribution in [3.05, 3.63) is 65.7 Å². The molecule has 1 unspecified atom stereocenters. The van der Waals surface area contributed by atoms with E-state index in [0.29, 0.717) is 12.2 Å². The highest BCUT2D eigenvalue weighted by atomic mass is 16.2. The Labute approximate surface area is 176 Å². The first kappa shape index (κ1) is 20.1. The Kier molecular flexibility index (Phi) is 6.09. The molecule has 0 bridgehead atoms. The molecule has 2 N–H and O–H groups in total. The van der Waals surface area contributed by atoms with E-state index in [-0.39, 0.29) is 30.2 Å². The first-order chi connectivity index (χ1) is 14.6. The normalized spacial score (nSPS) is 18.0. The van der Waals surface area contributed by atoms with Crippen molar-refractivity contribution in [2.75, 3.05) is 31.2 Å². The van der Waals surface area contributed by atoms with Gasteiger partial charge in [-0.3, -0.25) is 24.9 Å². The van der Waals surface area contributed by atoms with E-state index in [1.165, 1.54) is 23.4 Å². The van der Waals surface area contributed by atoms with E-state index in [2.05, 4.69) is 32.8 Å². The second-order valence-electron chi connectivity index (χ2n) is 7.72. The number of anilines is 1. The summed E-state index contributed by atoms with van der Waals surface area (Å²) in [7, 11) is 0. The molecule has 2 amide bonds. The van der Waals surface area contributed by atoms with Gasteiger partial charge in [0.05, 0.1) is 11.7 Å². The van der Waals surface area contributed by atoms with Crippen LogP contribution in [0.5, 0.6) is 0 Å². The number of hydrogen-bond acceptors (Lipinski definition) is 5. The van der Waals surface area contributed by atoms with Gasteiger partial charge < -0.3 is 5.32 Å². The maximum Gasteiger partial charge on any atom is 0.288 e. The van der Waals surface area contributed by atoms with E-state index >= 15 is 0 Å². The summed E-state index contributed by atoms with van der Waals surface area (Å²) in [4.78, 5) is 31.7. The zero-order valence-electron chi connectivity index (χ0n) is 17.2. The Morgan fingerprint density at radius 1 is 1.10 bits per heavy atom. The summed E-state index contributed by atoms with van der Waals surface area (Å²) in [5.41, 5.74) is 5.86. The second-order valence-corrected chi connectivity index (χ2v) is 7.72. The molecule has 0 saturated carbocycles. The van der Waals surface area contributed by atoms with E-state index in [9.17, 15) is 9.59 Å².